The van der Waals surface area contributed by atoms with Crippen molar-refractivity contribution in [2.24, 2.45) is 5.10 Å². The van der Waals surface area contributed by atoms with Gasteiger partial charge in [0, 0.05) is 11.4 Å². The van der Waals surface area contributed by atoms with E-state index in [0.29, 0.717) is 16.5 Å². The van der Waals surface area contributed by atoms with Crippen LogP contribution in [0.25, 0.3) is 0 Å². The van der Waals surface area contributed by atoms with Gasteiger partial charge in [-0.3, -0.25) is 10.1 Å². The minimum atomic E-state index is -3.32. The predicted molar refractivity (Wildman–Crippen MR) is 103 cm³/mol. The summed E-state index contributed by atoms with van der Waals surface area (Å²) in [6.07, 6.45) is 1.11. The second-order valence-electron chi connectivity index (χ2n) is 5.08. The van der Waals surface area contributed by atoms with E-state index in [4.69, 9.17) is 12.2 Å². The molecule has 0 saturated heterocycles. The molecule has 0 unspecified atom stereocenters. The summed E-state index contributed by atoms with van der Waals surface area (Å²) >= 11 is 5.18. The number of nitrogens with zero attached hydrogens (tertiary/aromatic N) is 1. The van der Waals surface area contributed by atoms with Gasteiger partial charge in [-0.25, -0.2) is 8.42 Å². The number of anilines is 2. The van der Waals surface area contributed by atoms with E-state index in [2.05, 4.69) is 20.6 Å². The highest BCUT2D eigenvalue weighted by molar-refractivity contribution is 7.92. The maximum Gasteiger partial charge on any atom is 0.229 e. The van der Waals surface area contributed by atoms with Gasteiger partial charge in [-0.15, -0.1) is 0 Å². The summed E-state index contributed by atoms with van der Waals surface area (Å²) in [6, 6.07) is 16.5. The summed E-state index contributed by atoms with van der Waals surface area (Å²) in [4.78, 5) is 0. The molecule has 0 aliphatic rings. The maximum atomic E-state index is 11.3. The molecule has 6 nitrogen and oxygen atoms in total. The van der Waals surface area contributed by atoms with Crippen LogP contribution >= 0.6 is 12.2 Å². The minimum absolute atomic E-state index is 0.367. The average molecular weight is 362 g/mol. The Morgan fingerprint density at radius 3 is 2.38 bits per heavy atom. The molecule has 0 saturated carbocycles. The van der Waals surface area contributed by atoms with Gasteiger partial charge in [-0.2, -0.15) is 5.10 Å². The molecule has 0 aromatic heterocycles. The minimum Gasteiger partial charge on any atom is -0.331 e. The van der Waals surface area contributed by atoms with Crippen LogP contribution in [0.4, 0.5) is 11.4 Å². The van der Waals surface area contributed by atoms with Gasteiger partial charge in [-0.1, -0.05) is 30.3 Å². The van der Waals surface area contributed by atoms with Crippen LogP contribution in [-0.2, 0) is 10.0 Å². The number of sulfonamides is 1. The van der Waals surface area contributed by atoms with E-state index in [-0.39, 0.29) is 0 Å². The van der Waals surface area contributed by atoms with Gasteiger partial charge in [0.15, 0.2) is 5.11 Å². The molecule has 8 heteroatoms. The first kappa shape index (κ1) is 17.9. The number of benzene rings is 2. The van der Waals surface area contributed by atoms with Gasteiger partial charge >= 0.3 is 0 Å². The molecule has 2 aromatic carbocycles. The third-order valence-electron chi connectivity index (χ3n) is 2.94. The van der Waals surface area contributed by atoms with E-state index in [1.165, 1.54) is 0 Å². The summed E-state index contributed by atoms with van der Waals surface area (Å²) in [5, 5.41) is 7.59. The lowest BCUT2D eigenvalue weighted by molar-refractivity contribution is 0.607. The van der Waals surface area contributed by atoms with Gasteiger partial charge in [0.25, 0.3) is 0 Å². The molecule has 0 fully saturated rings. The molecule has 0 amide bonds. The quantitative estimate of drug-likeness (QED) is 0.433. The van der Waals surface area contributed by atoms with Crippen molar-refractivity contribution in [1.82, 2.24) is 5.43 Å². The Labute approximate surface area is 147 Å². The van der Waals surface area contributed by atoms with Crippen molar-refractivity contribution in [2.75, 3.05) is 16.3 Å². The predicted octanol–water partition coefficient (Wildman–Crippen LogP) is 2.77. The van der Waals surface area contributed by atoms with Crippen LogP contribution < -0.4 is 15.5 Å². The number of nitrogens with one attached hydrogen (secondary N) is 3. The van der Waals surface area contributed by atoms with E-state index >= 15 is 0 Å². The normalized spacial score (nSPS) is 11.7. The number of hydrazone groups is 1. The number of hydrogen-bond acceptors (Lipinski definition) is 4. The summed E-state index contributed by atoms with van der Waals surface area (Å²) in [5.41, 5.74) is 5.56. The van der Waals surface area contributed by atoms with Gasteiger partial charge < -0.3 is 5.32 Å². The molecule has 3 N–H and O–H groups in total. The van der Waals surface area contributed by atoms with Crippen molar-refractivity contribution in [2.45, 2.75) is 6.92 Å². The van der Waals surface area contributed by atoms with Gasteiger partial charge in [0.05, 0.1) is 12.0 Å². The van der Waals surface area contributed by atoms with Crippen LogP contribution in [0, 0.1) is 0 Å². The van der Waals surface area contributed by atoms with Gasteiger partial charge in [0.1, 0.15) is 0 Å². The fourth-order valence-corrected chi connectivity index (χ4v) is 2.62. The fraction of sp³-hybridized carbons (Fsp3) is 0.125. The lowest BCUT2D eigenvalue weighted by atomic mass is 10.1. The number of thiocarbonyl (C=S) groups is 1. The third kappa shape index (κ3) is 5.98. The third-order valence-corrected chi connectivity index (χ3v) is 3.74. The van der Waals surface area contributed by atoms with E-state index in [1.807, 2.05) is 36.4 Å². The van der Waals surface area contributed by atoms with E-state index in [0.717, 1.165) is 17.5 Å². The molecular weight excluding hydrogens is 344 g/mol. The molecule has 0 atom stereocenters. The largest absolute Gasteiger partial charge is 0.331 e. The first-order chi connectivity index (χ1) is 11.3. The second-order valence-corrected chi connectivity index (χ2v) is 7.24. The highest BCUT2D eigenvalue weighted by Gasteiger charge is 2.04. The Hall–Kier alpha value is -2.45. The SMILES string of the molecule is C/C(=N\NC(=S)Nc1ccccc1)c1cccc(NS(C)(=O)=O)c1. The first-order valence-corrected chi connectivity index (χ1v) is 9.38. The fourth-order valence-electron chi connectivity index (χ4n) is 1.90. The zero-order chi connectivity index (χ0) is 17.6. The topological polar surface area (TPSA) is 82.6 Å². The van der Waals surface area contributed by atoms with E-state index in [1.54, 1.807) is 25.1 Å². The van der Waals surface area contributed by atoms with Crippen molar-refractivity contribution in [1.29, 1.82) is 0 Å². The van der Waals surface area contributed by atoms with Crippen molar-refractivity contribution >= 4 is 44.4 Å². The smallest absolute Gasteiger partial charge is 0.229 e. The van der Waals surface area contributed by atoms with Crippen LogP contribution in [0.2, 0.25) is 0 Å². The summed E-state index contributed by atoms with van der Waals surface area (Å²) in [7, 11) is -3.32. The lowest BCUT2D eigenvalue weighted by Crippen LogP contribution is -2.24. The highest BCUT2D eigenvalue weighted by atomic mass is 32.2. The molecular formula is C16H18N4O2S2. The van der Waals surface area contributed by atoms with Crippen molar-refractivity contribution in [3.05, 3.63) is 60.2 Å². The number of rotatable bonds is 5. The summed E-state index contributed by atoms with van der Waals surface area (Å²) in [6.45, 7) is 1.80. The van der Waals surface area contributed by atoms with Crippen LogP contribution in [0.3, 0.4) is 0 Å². The summed E-state index contributed by atoms with van der Waals surface area (Å²) < 4.78 is 25.0. The molecule has 2 rings (SSSR count). The van der Waals surface area contributed by atoms with Gasteiger partial charge in [0.2, 0.25) is 10.0 Å². The highest BCUT2D eigenvalue weighted by Crippen LogP contribution is 2.12. The van der Waals surface area contributed by atoms with Crippen LogP contribution in [0.1, 0.15) is 12.5 Å². The molecule has 0 aliphatic heterocycles. The molecule has 0 spiro atoms. The molecule has 24 heavy (non-hydrogen) atoms. The zero-order valence-corrected chi connectivity index (χ0v) is 14.9. The summed E-state index contributed by atoms with van der Waals surface area (Å²) in [5.74, 6) is 0. The molecule has 0 radical (unpaired) electrons. The van der Waals surface area contributed by atoms with Gasteiger partial charge in [-0.05, 0) is 49.0 Å². The Balaban J connectivity index is 2.02. The molecule has 0 aliphatic carbocycles. The average Bonchev–Trinajstić information content (AvgIpc) is 2.52. The molecule has 0 heterocycles. The molecule has 126 valence electrons. The van der Waals surface area contributed by atoms with Crippen LogP contribution in [-0.4, -0.2) is 25.5 Å². The zero-order valence-electron chi connectivity index (χ0n) is 13.3. The van der Waals surface area contributed by atoms with Crippen LogP contribution in [0.5, 0.6) is 0 Å². The van der Waals surface area contributed by atoms with E-state index < -0.39 is 10.0 Å². The number of para-hydroxylation sites is 1. The van der Waals surface area contributed by atoms with Crippen LogP contribution in [0.15, 0.2) is 59.7 Å². The monoisotopic (exact) mass is 362 g/mol. The molecule has 0 bridgehead atoms. The first-order valence-electron chi connectivity index (χ1n) is 7.08. The Kier molecular flexibility index (Phi) is 5.88. The second kappa shape index (κ2) is 7.89. The Morgan fingerprint density at radius 2 is 1.71 bits per heavy atom. The maximum absolute atomic E-state index is 11.3. The van der Waals surface area contributed by atoms with E-state index in [9.17, 15) is 8.42 Å². The lowest BCUT2D eigenvalue weighted by Gasteiger charge is -2.09. The molecule has 2 aromatic rings. The van der Waals surface area contributed by atoms with Crippen molar-refractivity contribution in [3.63, 3.8) is 0 Å². The van der Waals surface area contributed by atoms with Crippen molar-refractivity contribution < 1.29 is 8.42 Å². The standard InChI is InChI=1S/C16H18N4O2S2/c1-12(13-7-6-10-15(11-13)20-24(2,21)22)18-19-16(23)17-14-8-4-3-5-9-14/h3-11,20H,1-2H3,(H2,17,19,23)/b18-12+. The van der Waals surface area contributed by atoms with Crippen molar-refractivity contribution in [3.8, 4) is 0 Å². The Morgan fingerprint density at radius 1 is 1.04 bits per heavy atom. The Bertz CT molecular complexity index is 849. The number of hydrogen-bond donors (Lipinski definition) is 3.